The zero-order chi connectivity index (χ0) is 13.1. The van der Waals surface area contributed by atoms with Crippen molar-refractivity contribution in [2.24, 2.45) is 0 Å². The molecule has 1 saturated heterocycles. The Morgan fingerprint density at radius 1 is 1.17 bits per heavy atom. The first-order valence-electron chi connectivity index (χ1n) is 7.91. The van der Waals surface area contributed by atoms with E-state index in [2.05, 4.69) is 24.1 Å². The van der Waals surface area contributed by atoms with Gasteiger partial charge in [-0.25, -0.2) is 0 Å². The summed E-state index contributed by atoms with van der Waals surface area (Å²) in [7, 11) is 0. The van der Waals surface area contributed by atoms with Crippen molar-refractivity contribution in [3.63, 3.8) is 0 Å². The highest BCUT2D eigenvalue weighted by molar-refractivity contribution is 4.66. The van der Waals surface area contributed by atoms with Crippen LogP contribution >= 0.6 is 0 Å². The molecule has 1 aliphatic heterocycles. The largest absolute Gasteiger partial charge is 0.377 e. The topological polar surface area (TPSA) is 24.5 Å². The minimum absolute atomic E-state index is 0.474. The van der Waals surface area contributed by atoms with Crippen molar-refractivity contribution in [1.29, 1.82) is 0 Å². The molecule has 0 bridgehead atoms. The van der Waals surface area contributed by atoms with Gasteiger partial charge in [0.15, 0.2) is 0 Å². The molecule has 1 atom stereocenters. The van der Waals surface area contributed by atoms with Gasteiger partial charge in [0.05, 0.1) is 12.7 Å². The van der Waals surface area contributed by atoms with Crippen LogP contribution in [-0.4, -0.2) is 50.3 Å². The van der Waals surface area contributed by atoms with E-state index >= 15 is 0 Å². The average molecular weight is 256 g/mol. The monoisotopic (exact) mass is 256 g/mol. The van der Waals surface area contributed by atoms with Crippen LogP contribution in [0.3, 0.4) is 0 Å². The molecular formula is C15H32N2O. The molecule has 0 saturated carbocycles. The Labute approximate surface area is 113 Å². The van der Waals surface area contributed by atoms with E-state index in [0.29, 0.717) is 6.10 Å². The van der Waals surface area contributed by atoms with Gasteiger partial charge in [-0.05, 0) is 58.3 Å². The Bertz CT molecular complexity index is 181. The van der Waals surface area contributed by atoms with Crippen molar-refractivity contribution in [2.75, 3.05) is 39.3 Å². The number of ether oxygens (including phenoxy) is 1. The Morgan fingerprint density at radius 2 is 1.94 bits per heavy atom. The second kappa shape index (κ2) is 10.8. The van der Waals surface area contributed by atoms with Crippen LogP contribution in [-0.2, 0) is 4.74 Å². The summed E-state index contributed by atoms with van der Waals surface area (Å²) < 4.78 is 5.84. The van der Waals surface area contributed by atoms with Crippen LogP contribution in [0.2, 0.25) is 0 Å². The number of nitrogens with zero attached hydrogens (tertiary/aromatic N) is 1. The van der Waals surface area contributed by atoms with Crippen LogP contribution in [0.5, 0.6) is 0 Å². The number of likely N-dealkylation sites (tertiary alicyclic amines) is 1. The fourth-order valence-corrected chi connectivity index (χ4v) is 2.58. The summed E-state index contributed by atoms with van der Waals surface area (Å²) in [6.45, 7) is 11.3. The zero-order valence-electron chi connectivity index (χ0n) is 12.4. The highest BCUT2D eigenvalue weighted by atomic mass is 16.5. The molecule has 0 aromatic heterocycles. The van der Waals surface area contributed by atoms with E-state index in [-0.39, 0.29) is 0 Å². The molecule has 0 aromatic rings. The molecule has 0 spiro atoms. The van der Waals surface area contributed by atoms with Gasteiger partial charge in [0.1, 0.15) is 0 Å². The third-order valence-electron chi connectivity index (χ3n) is 3.72. The van der Waals surface area contributed by atoms with Gasteiger partial charge in [-0.1, -0.05) is 20.3 Å². The first-order valence-corrected chi connectivity index (χ1v) is 7.91. The second-order valence-corrected chi connectivity index (χ2v) is 5.34. The van der Waals surface area contributed by atoms with Crippen LogP contribution in [0.15, 0.2) is 0 Å². The second-order valence-electron chi connectivity index (χ2n) is 5.34. The van der Waals surface area contributed by atoms with Gasteiger partial charge in [-0.3, -0.25) is 0 Å². The number of hydrogen-bond donors (Lipinski definition) is 1. The number of hydrogen-bond acceptors (Lipinski definition) is 3. The summed E-state index contributed by atoms with van der Waals surface area (Å²) >= 11 is 0. The van der Waals surface area contributed by atoms with E-state index in [1.807, 2.05) is 0 Å². The van der Waals surface area contributed by atoms with Gasteiger partial charge in [-0.15, -0.1) is 0 Å². The van der Waals surface area contributed by atoms with Gasteiger partial charge < -0.3 is 15.0 Å². The van der Waals surface area contributed by atoms with Crippen LogP contribution in [0.4, 0.5) is 0 Å². The van der Waals surface area contributed by atoms with Gasteiger partial charge in [0.25, 0.3) is 0 Å². The van der Waals surface area contributed by atoms with Crippen molar-refractivity contribution in [3.05, 3.63) is 0 Å². The Balaban J connectivity index is 1.82. The lowest BCUT2D eigenvalue weighted by atomic mass is 10.2. The SMILES string of the molecule is CCCC(CC)OCCNCCCN1CCCC1. The first kappa shape index (κ1) is 15.9. The summed E-state index contributed by atoms with van der Waals surface area (Å²) in [5.41, 5.74) is 0. The molecular weight excluding hydrogens is 224 g/mol. The lowest BCUT2D eigenvalue weighted by molar-refractivity contribution is 0.0464. The Kier molecular flexibility index (Phi) is 9.54. The Hall–Kier alpha value is -0.120. The summed E-state index contributed by atoms with van der Waals surface area (Å²) in [5, 5.41) is 3.48. The van der Waals surface area contributed by atoms with E-state index in [0.717, 1.165) is 26.1 Å². The third kappa shape index (κ3) is 7.34. The molecule has 18 heavy (non-hydrogen) atoms. The predicted octanol–water partition coefficient (Wildman–Crippen LogP) is 2.66. The zero-order valence-corrected chi connectivity index (χ0v) is 12.4. The van der Waals surface area contributed by atoms with Crippen LogP contribution in [0.1, 0.15) is 52.4 Å². The molecule has 0 amide bonds. The Morgan fingerprint density at radius 3 is 2.61 bits per heavy atom. The quantitative estimate of drug-likeness (QED) is 0.575. The highest BCUT2D eigenvalue weighted by Crippen LogP contribution is 2.07. The van der Waals surface area contributed by atoms with E-state index in [9.17, 15) is 0 Å². The van der Waals surface area contributed by atoms with Crippen molar-refractivity contribution in [1.82, 2.24) is 10.2 Å². The average Bonchev–Trinajstić information content (AvgIpc) is 2.89. The highest BCUT2D eigenvalue weighted by Gasteiger charge is 2.09. The van der Waals surface area contributed by atoms with Crippen molar-refractivity contribution in [2.45, 2.75) is 58.5 Å². The van der Waals surface area contributed by atoms with Crippen molar-refractivity contribution < 1.29 is 4.74 Å². The normalized spacial score (nSPS) is 18.3. The van der Waals surface area contributed by atoms with Crippen molar-refractivity contribution >= 4 is 0 Å². The molecule has 1 aliphatic rings. The van der Waals surface area contributed by atoms with Gasteiger partial charge in [-0.2, -0.15) is 0 Å². The minimum atomic E-state index is 0.474. The van der Waals surface area contributed by atoms with Crippen molar-refractivity contribution in [3.8, 4) is 0 Å². The molecule has 1 unspecified atom stereocenters. The van der Waals surface area contributed by atoms with Gasteiger partial charge in [0, 0.05) is 6.54 Å². The number of nitrogens with one attached hydrogen (secondary N) is 1. The lowest BCUT2D eigenvalue weighted by Gasteiger charge is -2.16. The van der Waals surface area contributed by atoms with Gasteiger partial charge >= 0.3 is 0 Å². The number of rotatable bonds is 11. The minimum Gasteiger partial charge on any atom is -0.377 e. The maximum absolute atomic E-state index is 5.84. The molecule has 3 nitrogen and oxygen atoms in total. The van der Waals surface area contributed by atoms with E-state index in [4.69, 9.17) is 4.74 Å². The standard InChI is InChI=1S/C15H32N2O/c1-3-8-15(4-2)18-14-10-16-9-7-13-17-11-5-6-12-17/h15-16H,3-14H2,1-2H3. The fourth-order valence-electron chi connectivity index (χ4n) is 2.58. The molecule has 1 rings (SSSR count). The predicted molar refractivity (Wildman–Crippen MR) is 78.1 cm³/mol. The molecule has 1 fully saturated rings. The van der Waals surface area contributed by atoms with Gasteiger partial charge in [0.2, 0.25) is 0 Å². The summed E-state index contributed by atoms with van der Waals surface area (Å²) in [5.74, 6) is 0. The van der Waals surface area contributed by atoms with E-state index < -0.39 is 0 Å². The molecule has 0 aromatic carbocycles. The van der Waals surface area contributed by atoms with Crippen LogP contribution in [0.25, 0.3) is 0 Å². The molecule has 108 valence electrons. The summed E-state index contributed by atoms with van der Waals surface area (Å²) in [4.78, 5) is 2.58. The molecule has 1 heterocycles. The molecule has 0 radical (unpaired) electrons. The molecule has 3 heteroatoms. The maximum Gasteiger partial charge on any atom is 0.0594 e. The van der Waals surface area contributed by atoms with E-state index in [1.54, 1.807) is 0 Å². The lowest BCUT2D eigenvalue weighted by Crippen LogP contribution is -2.27. The third-order valence-corrected chi connectivity index (χ3v) is 3.72. The summed E-state index contributed by atoms with van der Waals surface area (Å²) in [6, 6.07) is 0. The fraction of sp³-hybridized carbons (Fsp3) is 1.00. The maximum atomic E-state index is 5.84. The first-order chi connectivity index (χ1) is 8.86. The van der Waals surface area contributed by atoms with E-state index in [1.165, 1.54) is 51.7 Å². The molecule has 1 N–H and O–H groups in total. The summed E-state index contributed by atoms with van der Waals surface area (Å²) in [6.07, 6.45) is 8.11. The van der Waals surface area contributed by atoms with Crippen LogP contribution < -0.4 is 5.32 Å². The van der Waals surface area contributed by atoms with Crippen LogP contribution in [0, 0.1) is 0 Å². The smallest absolute Gasteiger partial charge is 0.0594 e. The molecule has 0 aliphatic carbocycles.